The third kappa shape index (κ3) is 3.15. The Morgan fingerprint density at radius 2 is 1.89 bits per heavy atom. The van der Waals surface area contributed by atoms with Gasteiger partial charge in [0.25, 0.3) is 0 Å². The van der Waals surface area contributed by atoms with Gasteiger partial charge in [-0.15, -0.1) is 0 Å². The lowest BCUT2D eigenvalue weighted by molar-refractivity contribution is 0.152. The number of nitrogens with two attached hydrogens (primary N) is 1. The largest absolute Gasteiger partial charge is 0.383 e. The highest BCUT2D eigenvalue weighted by Gasteiger charge is 2.23. The molecule has 1 fully saturated rings. The first-order valence-corrected chi connectivity index (χ1v) is 6.87. The Hall–Kier alpha value is -1.36. The second kappa shape index (κ2) is 5.33. The summed E-state index contributed by atoms with van der Waals surface area (Å²) < 4.78 is 5.50. The van der Waals surface area contributed by atoms with Gasteiger partial charge in [-0.25, -0.2) is 9.97 Å². The molecule has 0 bridgehead atoms. The minimum absolute atomic E-state index is 0.0983. The molecule has 2 rings (SSSR count). The van der Waals surface area contributed by atoms with Crippen LogP contribution in [0.15, 0.2) is 0 Å². The molecule has 2 N–H and O–H groups in total. The molecule has 19 heavy (non-hydrogen) atoms. The summed E-state index contributed by atoms with van der Waals surface area (Å²) in [7, 11) is 0. The first kappa shape index (κ1) is 14.1. The van der Waals surface area contributed by atoms with Crippen LogP contribution in [0.5, 0.6) is 0 Å². The van der Waals surface area contributed by atoms with Gasteiger partial charge in [-0.2, -0.15) is 0 Å². The molecule has 1 aromatic rings. The van der Waals surface area contributed by atoms with Gasteiger partial charge in [0, 0.05) is 30.7 Å². The van der Waals surface area contributed by atoms with Crippen LogP contribution in [0.3, 0.4) is 0 Å². The van der Waals surface area contributed by atoms with Crippen LogP contribution >= 0.6 is 0 Å². The number of aromatic nitrogens is 2. The van der Waals surface area contributed by atoms with E-state index in [0.717, 1.165) is 49.9 Å². The molecule has 5 nitrogen and oxygen atoms in total. The lowest BCUT2D eigenvalue weighted by Crippen LogP contribution is -2.30. The Balaban J connectivity index is 2.40. The minimum atomic E-state index is -0.0983. The van der Waals surface area contributed by atoms with Crippen molar-refractivity contribution in [2.24, 2.45) is 0 Å². The SMILES string of the molecule is Cc1c(N)nc(C(C)(C)C)nc1N1CCCOCC1. The fourth-order valence-corrected chi connectivity index (χ4v) is 2.12. The highest BCUT2D eigenvalue weighted by atomic mass is 16.5. The maximum Gasteiger partial charge on any atom is 0.138 e. The zero-order valence-corrected chi connectivity index (χ0v) is 12.4. The van der Waals surface area contributed by atoms with Crippen LogP contribution in [0, 0.1) is 6.92 Å². The molecule has 0 radical (unpaired) electrons. The zero-order chi connectivity index (χ0) is 14.0. The van der Waals surface area contributed by atoms with E-state index in [0.29, 0.717) is 5.82 Å². The predicted molar refractivity (Wildman–Crippen MR) is 77.5 cm³/mol. The molecule has 0 aliphatic carbocycles. The topological polar surface area (TPSA) is 64.3 Å². The third-order valence-electron chi connectivity index (χ3n) is 3.35. The summed E-state index contributed by atoms with van der Waals surface area (Å²) in [5.41, 5.74) is 6.92. The van der Waals surface area contributed by atoms with Crippen molar-refractivity contribution in [3.05, 3.63) is 11.4 Å². The van der Waals surface area contributed by atoms with Gasteiger partial charge in [-0.3, -0.25) is 0 Å². The summed E-state index contributed by atoms with van der Waals surface area (Å²) in [6.45, 7) is 11.7. The van der Waals surface area contributed by atoms with Crippen LogP contribution in [0.4, 0.5) is 11.6 Å². The fourth-order valence-electron chi connectivity index (χ4n) is 2.12. The zero-order valence-electron chi connectivity index (χ0n) is 12.4. The highest BCUT2D eigenvalue weighted by molar-refractivity contribution is 5.57. The summed E-state index contributed by atoms with van der Waals surface area (Å²) in [5, 5.41) is 0. The van der Waals surface area contributed by atoms with Crippen LogP contribution in [0.2, 0.25) is 0 Å². The summed E-state index contributed by atoms with van der Waals surface area (Å²) in [5.74, 6) is 2.35. The molecule has 0 spiro atoms. The Morgan fingerprint density at radius 3 is 2.58 bits per heavy atom. The molecular formula is C14H24N4O. The molecule has 0 saturated carbocycles. The van der Waals surface area contributed by atoms with E-state index in [2.05, 4.69) is 30.7 Å². The van der Waals surface area contributed by atoms with E-state index in [1.54, 1.807) is 0 Å². The summed E-state index contributed by atoms with van der Waals surface area (Å²) in [6.07, 6.45) is 1.02. The minimum Gasteiger partial charge on any atom is -0.383 e. The van der Waals surface area contributed by atoms with Gasteiger partial charge in [-0.1, -0.05) is 20.8 Å². The molecule has 1 aliphatic heterocycles. The molecule has 106 valence electrons. The van der Waals surface area contributed by atoms with E-state index in [-0.39, 0.29) is 5.41 Å². The van der Waals surface area contributed by atoms with Gasteiger partial charge in [0.1, 0.15) is 17.5 Å². The van der Waals surface area contributed by atoms with Gasteiger partial charge in [0.2, 0.25) is 0 Å². The quantitative estimate of drug-likeness (QED) is 0.839. The number of nitrogens with zero attached hydrogens (tertiary/aromatic N) is 3. The van der Waals surface area contributed by atoms with Crippen LogP contribution < -0.4 is 10.6 Å². The number of anilines is 2. The molecule has 1 saturated heterocycles. The van der Waals surface area contributed by atoms with E-state index >= 15 is 0 Å². The second-order valence-corrected chi connectivity index (χ2v) is 6.08. The van der Waals surface area contributed by atoms with Crippen molar-refractivity contribution in [1.29, 1.82) is 0 Å². The molecule has 0 aromatic carbocycles. The Bertz CT molecular complexity index is 445. The van der Waals surface area contributed by atoms with Crippen LogP contribution in [0.25, 0.3) is 0 Å². The molecule has 1 aliphatic rings. The smallest absolute Gasteiger partial charge is 0.138 e. The van der Waals surface area contributed by atoms with Gasteiger partial charge in [0.15, 0.2) is 0 Å². The molecular weight excluding hydrogens is 240 g/mol. The monoisotopic (exact) mass is 264 g/mol. The van der Waals surface area contributed by atoms with Gasteiger partial charge >= 0.3 is 0 Å². The summed E-state index contributed by atoms with van der Waals surface area (Å²) >= 11 is 0. The molecule has 1 aromatic heterocycles. The lowest BCUT2D eigenvalue weighted by Gasteiger charge is -2.26. The van der Waals surface area contributed by atoms with Crippen LogP contribution in [-0.2, 0) is 10.2 Å². The van der Waals surface area contributed by atoms with Gasteiger partial charge in [-0.05, 0) is 13.3 Å². The van der Waals surface area contributed by atoms with E-state index in [1.807, 2.05) is 6.92 Å². The van der Waals surface area contributed by atoms with E-state index in [4.69, 9.17) is 15.5 Å². The van der Waals surface area contributed by atoms with Gasteiger partial charge < -0.3 is 15.4 Å². The average molecular weight is 264 g/mol. The van der Waals surface area contributed by atoms with Crippen LogP contribution in [-0.4, -0.2) is 36.3 Å². The first-order chi connectivity index (χ1) is 8.89. The van der Waals surface area contributed by atoms with E-state index in [9.17, 15) is 0 Å². The molecule has 5 heteroatoms. The predicted octanol–water partition coefficient (Wildman–Crippen LogP) is 1.89. The average Bonchev–Trinajstić information content (AvgIpc) is 2.59. The summed E-state index contributed by atoms with van der Waals surface area (Å²) in [6, 6.07) is 0. The highest BCUT2D eigenvalue weighted by Crippen LogP contribution is 2.27. The molecule has 0 atom stereocenters. The summed E-state index contributed by atoms with van der Waals surface area (Å²) in [4.78, 5) is 11.4. The Labute approximate surface area is 115 Å². The normalized spacial score (nSPS) is 17.4. The lowest BCUT2D eigenvalue weighted by atomic mass is 9.95. The van der Waals surface area contributed by atoms with Crippen molar-refractivity contribution in [2.45, 2.75) is 39.5 Å². The van der Waals surface area contributed by atoms with E-state index < -0.39 is 0 Å². The molecule has 0 amide bonds. The van der Waals surface area contributed by atoms with Crippen molar-refractivity contribution in [3.8, 4) is 0 Å². The molecule has 2 heterocycles. The van der Waals surface area contributed by atoms with Crippen molar-refractivity contribution < 1.29 is 4.74 Å². The standard InChI is InChI=1S/C14H24N4O/c1-10-11(15)16-13(14(2,3)4)17-12(10)18-6-5-8-19-9-7-18/h5-9H2,1-4H3,(H2,15,16,17). The van der Waals surface area contributed by atoms with E-state index in [1.165, 1.54) is 0 Å². The van der Waals surface area contributed by atoms with Crippen molar-refractivity contribution in [3.63, 3.8) is 0 Å². The third-order valence-corrected chi connectivity index (χ3v) is 3.35. The van der Waals surface area contributed by atoms with Crippen molar-refractivity contribution in [1.82, 2.24) is 9.97 Å². The Kier molecular flexibility index (Phi) is 3.94. The number of ether oxygens (including phenoxy) is 1. The first-order valence-electron chi connectivity index (χ1n) is 6.87. The number of rotatable bonds is 1. The Morgan fingerprint density at radius 1 is 1.16 bits per heavy atom. The number of nitrogen functional groups attached to an aromatic ring is 1. The van der Waals surface area contributed by atoms with Gasteiger partial charge in [0.05, 0.1) is 6.61 Å². The van der Waals surface area contributed by atoms with Crippen molar-refractivity contribution in [2.75, 3.05) is 36.9 Å². The maximum absolute atomic E-state index is 6.05. The van der Waals surface area contributed by atoms with Crippen LogP contribution in [0.1, 0.15) is 38.6 Å². The number of hydrogen-bond acceptors (Lipinski definition) is 5. The fraction of sp³-hybridized carbons (Fsp3) is 0.714. The molecule has 0 unspecified atom stereocenters. The second-order valence-electron chi connectivity index (χ2n) is 6.08. The van der Waals surface area contributed by atoms with Crippen molar-refractivity contribution >= 4 is 11.6 Å². The maximum atomic E-state index is 6.05. The number of hydrogen-bond donors (Lipinski definition) is 1.